The Morgan fingerprint density at radius 3 is 1.68 bits per heavy atom. The first-order chi connectivity index (χ1) is 18.3. The molecule has 200 valence electrons. The van der Waals surface area contributed by atoms with Crippen molar-refractivity contribution in [3.63, 3.8) is 0 Å². The van der Waals surface area contributed by atoms with Gasteiger partial charge in [-0.1, -0.05) is 146 Å². The zero-order valence-electron chi connectivity index (χ0n) is 23.3. The van der Waals surface area contributed by atoms with Crippen LogP contribution in [0.3, 0.4) is 0 Å². The van der Waals surface area contributed by atoms with E-state index in [0.29, 0.717) is 0 Å². The van der Waals surface area contributed by atoms with Gasteiger partial charge in [0.2, 0.25) is 0 Å². The molecule has 1 aliphatic heterocycles. The van der Waals surface area contributed by atoms with Crippen LogP contribution in [0.1, 0.15) is 126 Å². The molecule has 1 heterocycles. The third-order valence-corrected chi connectivity index (χ3v) is 7.56. The molecule has 0 amide bonds. The number of rotatable bonds is 18. The topological polar surface area (TPSA) is 20.3 Å². The Bertz CT molecular complexity index is 945. The molecule has 0 saturated carbocycles. The van der Waals surface area contributed by atoms with Gasteiger partial charge < -0.3 is 4.90 Å². The zero-order chi connectivity index (χ0) is 26.0. The molecule has 2 nitrogen and oxygen atoms in total. The maximum Gasteiger partial charge on any atom is 0.186 e. The monoisotopic (exact) mass is 499 g/mol. The quantitative estimate of drug-likeness (QED) is 0.187. The summed E-state index contributed by atoms with van der Waals surface area (Å²) in [6.07, 6.45) is 39.1. The molecule has 0 N–H and O–H groups in total. The smallest absolute Gasteiger partial charge is 0.186 e. The second kappa shape index (κ2) is 17.8. The molecule has 0 spiro atoms. The van der Waals surface area contributed by atoms with E-state index in [9.17, 15) is 4.79 Å². The van der Waals surface area contributed by atoms with Gasteiger partial charge in [-0.05, 0) is 41.4 Å². The molecule has 1 aromatic carbocycles. The van der Waals surface area contributed by atoms with Crippen molar-refractivity contribution in [1.82, 2.24) is 4.90 Å². The van der Waals surface area contributed by atoms with Crippen molar-refractivity contribution in [3.05, 3.63) is 89.8 Å². The van der Waals surface area contributed by atoms with E-state index in [0.717, 1.165) is 23.2 Å². The standard InChI is InChI=1S/C35H49NO/c1-2-3-4-5-6-7-8-9-10-11-12-13-14-15-16-19-28-36-29-26-31(27-30-36)22-23-32-24-25-35(37)34-21-18-17-20-33(32)34/h17-18,20-27,29-30H,2-16,19,28H2,1H3/b32-23-. The largest absolute Gasteiger partial charge is 0.354 e. The Morgan fingerprint density at radius 1 is 0.595 bits per heavy atom. The van der Waals surface area contributed by atoms with Gasteiger partial charge in [0.1, 0.15) is 0 Å². The zero-order valence-corrected chi connectivity index (χ0v) is 23.3. The fraction of sp³-hybridized carbons (Fsp3) is 0.514. The molecule has 0 aromatic heterocycles. The van der Waals surface area contributed by atoms with Crippen LogP contribution in [0.4, 0.5) is 0 Å². The van der Waals surface area contributed by atoms with Crippen LogP contribution in [0.15, 0.2) is 78.7 Å². The Hall–Kier alpha value is -2.61. The highest BCUT2D eigenvalue weighted by Gasteiger charge is 2.14. The van der Waals surface area contributed by atoms with Crippen molar-refractivity contribution in [1.29, 1.82) is 0 Å². The van der Waals surface area contributed by atoms with Gasteiger partial charge >= 0.3 is 0 Å². The second-order valence-corrected chi connectivity index (χ2v) is 10.7. The predicted molar refractivity (Wildman–Crippen MR) is 161 cm³/mol. The van der Waals surface area contributed by atoms with Crippen LogP contribution in [-0.4, -0.2) is 17.2 Å². The third kappa shape index (κ3) is 11.1. The molecule has 0 saturated heterocycles. The van der Waals surface area contributed by atoms with Crippen LogP contribution in [-0.2, 0) is 0 Å². The third-order valence-electron chi connectivity index (χ3n) is 7.56. The van der Waals surface area contributed by atoms with Crippen LogP contribution >= 0.6 is 0 Å². The molecule has 1 aliphatic carbocycles. The Balaban J connectivity index is 1.19. The molecular formula is C35H49NO. The number of fused-ring (bicyclic) bond motifs is 1. The van der Waals surface area contributed by atoms with E-state index in [2.05, 4.69) is 48.5 Å². The van der Waals surface area contributed by atoms with Gasteiger partial charge in [0.25, 0.3) is 0 Å². The van der Waals surface area contributed by atoms with E-state index in [1.54, 1.807) is 6.08 Å². The number of nitrogens with zero attached hydrogens (tertiary/aromatic N) is 1. The summed E-state index contributed by atoms with van der Waals surface area (Å²) in [4.78, 5) is 14.4. The number of unbranched alkanes of at least 4 members (excludes halogenated alkanes) is 15. The Morgan fingerprint density at radius 2 is 1.11 bits per heavy atom. The number of hydrogen-bond donors (Lipinski definition) is 0. The Kier molecular flexibility index (Phi) is 13.9. The Labute approximate surface area is 226 Å². The second-order valence-electron chi connectivity index (χ2n) is 10.7. The molecule has 1 aromatic rings. The lowest BCUT2D eigenvalue weighted by Crippen LogP contribution is -2.13. The molecule has 0 unspecified atom stereocenters. The average molecular weight is 500 g/mol. The number of carbonyl (C=O) groups is 1. The number of carbonyl (C=O) groups excluding carboxylic acids is 1. The molecule has 3 rings (SSSR count). The molecule has 2 aliphatic rings. The van der Waals surface area contributed by atoms with Gasteiger partial charge in [-0.3, -0.25) is 4.79 Å². The SMILES string of the molecule is CCCCCCCCCCCCCCCCCCN1C=CC(=C/C=C2/C=CC(=O)c3ccccc32)C=C1. The maximum absolute atomic E-state index is 12.1. The number of hydrogen-bond acceptors (Lipinski definition) is 2. The maximum atomic E-state index is 12.1. The average Bonchev–Trinajstić information content (AvgIpc) is 2.93. The van der Waals surface area contributed by atoms with Crippen LogP contribution in [0.5, 0.6) is 0 Å². The van der Waals surface area contributed by atoms with Crippen molar-refractivity contribution in [2.75, 3.05) is 6.54 Å². The molecule has 0 fully saturated rings. The normalized spacial score (nSPS) is 15.6. The number of ketones is 1. The minimum absolute atomic E-state index is 0.0857. The van der Waals surface area contributed by atoms with Crippen LogP contribution in [0.25, 0.3) is 5.57 Å². The molecule has 0 bridgehead atoms. The highest BCUT2D eigenvalue weighted by atomic mass is 16.1. The fourth-order valence-corrected chi connectivity index (χ4v) is 5.20. The lowest BCUT2D eigenvalue weighted by molar-refractivity contribution is 0.104. The van der Waals surface area contributed by atoms with Gasteiger partial charge in [-0.15, -0.1) is 0 Å². The summed E-state index contributed by atoms with van der Waals surface area (Å²) in [6, 6.07) is 7.84. The van der Waals surface area contributed by atoms with Crippen LogP contribution < -0.4 is 0 Å². The van der Waals surface area contributed by atoms with Gasteiger partial charge in [0.15, 0.2) is 5.78 Å². The van der Waals surface area contributed by atoms with Gasteiger partial charge in [-0.25, -0.2) is 0 Å². The van der Waals surface area contributed by atoms with Crippen molar-refractivity contribution < 1.29 is 4.79 Å². The minimum atomic E-state index is 0.0857. The van der Waals surface area contributed by atoms with E-state index in [4.69, 9.17) is 0 Å². The van der Waals surface area contributed by atoms with E-state index in [1.165, 1.54) is 108 Å². The highest BCUT2D eigenvalue weighted by Crippen LogP contribution is 2.26. The number of benzene rings is 1. The summed E-state index contributed by atoms with van der Waals surface area (Å²) in [5.74, 6) is 0.0857. The lowest BCUT2D eigenvalue weighted by atomic mass is 9.91. The molecular weight excluding hydrogens is 450 g/mol. The van der Waals surface area contributed by atoms with Crippen molar-refractivity contribution in [2.24, 2.45) is 0 Å². The van der Waals surface area contributed by atoms with Gasteiger partial charge in [-0.2, -0.15) is 0 Å². The van der Waals surface area contributed by atoms with Crippen molar-refractivity contribution in [2.45, 2.75) is 110 Å². The first kappa shape index (κ1) is 29.0. The summed E-state index contributed by atoms with van der Waals surface area (Å²) >= 11 is 0. The van der Waals surface area contributed by atoms with E-state index >= 15 is 0 Å². The summed E-state index contributed by atoms with van der Waals surface area (Å²) in [5.41, 5.74) is 4.06. The minimum Gasteiger partial charge on any atom is -0.354 e. The van der Waals surface area contributed by atoms with E-state index < -0.39 is 0 Å². The van der Waals surface area contributed by atoms with Gasteiger partial charge in [0, 0.05) is 24.5 Å². The van der Waals surface area contributed by atoms with E-state index in [1.807, 2.05) is 30.3 Å². The predicted octanol–water partition coefficient (Wildman–Crippen LogP) is 10.4. The van der Waals surface area contributed by atoms with Crippen LogP contribution in [0.2, 0.25) is 0 Å². The first-order valence-corrected chi connectivity index (χ1v) is 15.1. The molecule has 0 atom stereocenters. The molecule has 37 heavy (non-hydrogen) atoms. The first-order valence-electron chi connectivity index (χ1n) is 15.1. The summed E-state index contributed by atoms with van der Waals surface area (Å²) in [7, 11) is 0. The number of allylic oxidation sites excluding steroid dienone is 8. The summed E-state index contributed by atoms with van der Waals surface area (Å²) in [6.45, 7) is 3.39. The van der Waals surface area contributed by atoms with Crippen LogP contribution in [0, 0.1) is 0 Å². The summed E-state index contributed by atoms with van der Waals surface area (Å²) < 4.78 is 0. The molecule has 0 radical (unpaired) electrons. The van der Waals surface area contributed by atoms with Crippen molar-refractivity contribution >= 4 is 11.4 Å². The van der Waals surface area contributed by atoms with Gasteiger partial charge in [0.05, 0.1) is 0 Å². The summed E-state index contributed by atoms with van der Waals surface area (Å²) in [5, 5.41) is 0. The fourth-order valence-electron chi connectivity index (χ4n) is 5.20. The molecule has 2 heteroatoms. The van der Waals surface area contributed by atoms with Crippen molar-refractivity contribution in [3.8, 4) is 0 Å². The van der Waals surface area contributed by atoms with E-state index in [-0.39, 0.29) is 5.78 Å². The lowest BCUT2D eigenvalue weighted by Gasteiger charge is -2.18. The highest BCUT2D eigenvalue weighted by molar-refractivity contribution is 6.12.